The lowest BCUT2D eigenvalue weighted by atomic mass is 9.93. The van der Waals surface area contributed by atoms with E-state index in [1.54, 1.807) is 0 Å². The van der Waals surface area contributed by atoms with Gasteiger partial charge in [0.2, 0.25) is 0 Å². The average Bonchev–Trinajstić information content (AvgIpc) is 2.43. The second-order valence-electron chi connectivity index (χ2n) is 5.22. The Hall–Kier alpha value is -1.45. The highest BCUT2D eigenvalue weighted by Gasteiger charge is 2.27. The monoisotopic (exact) mass is 325 g/mol. The highest BCUT2D eigenvalue weighted by molar-refractivity contribution is 6.53. The molecule has 21 heavy (non-hydrogen) atoms. The summed E-state index contributed by atoms with van der Waals surface area (Å²) in [5.41, 5.74) is 0.568. The maximum Gasteiger partial charge on any atom is 0.253 e. The van der Waals surface area contributed by atoms with E-state index < -0.39 is 16.3 Å². The summed E-state index contributed by atoms with van der Waals surface area (Å²) in [4.78, 5) is 10.5. The minimum absolute atomic E-state index is 0.401. The molecule has 3 nitrogen and oxygen atoms in total. The zero-order chi connectivity index (χ0) is 15.5. The number of alkyl halides is 2. The molecule has 1 aromatic rings. The molecule has 0 spiro atoms. The minimum Gasteiger partial charge on any atom is -0.457 e. The molecule has 0 aliphatic heterocycles. The number of para-hydroxylation sites is 1. The summed E-state index contributed by atoms with van der Waals surface area (Å²) in [5, 5.41) is 2.80. The zero-order valence-corrected chi connectivity index (χ0v) is 13.4. The molecule has 0 fully saturated rings. The molecule has 1 atom stereocenters. The maximum absolute atomic E-state index is 11.6. The predicted octanol–water partition coefficient (Wildman–Crippen LogP) is 3.90. The molecule has 0 aromatic heterocycles. The van der Waals surface area contributed by atoms with Crippen LogP contribution in [0, 0.1) is 6.92 Å². The van der Waals surface area contributed by atoms with Crippen molar-refractivity contribution in [2.24, 2.45) is 0 Å². The van der Waals surface area contributed by atoms with Crippen molar-refractivity contribution >= 4 is 29.1 Å². The Morgan fingerprint density at radius 3 is 2.67 bits per heavy atom. The highest BCUT2D eigenvalue weighted by Crippen LogP contribution is 2.25. The molecule has 1 unspecified atom stereocenters. The number of halogens is 2. The molecular weight excluding hydrogens is 309 g/mol. The van der Waals surface area contributed by atoms with Crippen molar-refractivity contribution in [3.05, 3.63) is 53.8 Å². The fourth-order valence-corrected chi connectivity index (χ4v) is 2.13. The summed E-state index contributed by atoms with van der Waals surface area (Å²) in [6, 6.07) is 7.81. The zero-order valence-electron chi connectivity index (χ0n) is 11.9. The van der Waals surface area contributed by atoms with Gasteiger partial charge in [-0.05, 0) is 44.1 Å². The van der Waals surface area contributed by atoms with Gasteiger partial charge < -0.3 is 10.1 Å². The van der Waals surface area contributed by atoms with E-state index in [4.69, 9.17) is 27.9 Å². The first-order chi connectivity index (χ1) is 9.89. The van der Waals surface area contributed by atoms with E-state index in [2.05, 4.69) is 5.32 Å². The normalized spacial score (nSPS) is 21.1. The molecule has 0 bridgehead atoms. The number of nitrogens with one attached hydrogen (secondary N) is 1. The van der Waals surface area contributed by atoms with Crippen LogP contribution < -0.4 is 10.1 Å². The molecule has 1 amide bonds. The molecule has 0 saturated carbocycles. The van der Waals surface area contributed by atoms with Crippen LogP contribution in [0.2, 0.25) is 0 Å². The quantitative estimate of drug-likeness (QED) is 0.853. The molecule has 0 heterocycles. The van der Waals surface area contributed by atoms with Gasteiger partial charge in [0.1, 0.15) is 11.5 Å². The van der Waals surface area contributed by atoms with Crippen LogP contribution in [-0.4, -0.2) is 16.3 Å². The third-order valence-electron chi connectivity index (χ3n) is 3.27. The van der Waals surface area contributed by atoms with Gasteiger partial charge in [0.15, 0.2) is 4.84 Å². The van der Waals surface area contributed by atoms with Gasteiger partial charge in [-0.2, -0.15) is 0 Å². The van der Waals surface area contributed by atoms with Crippen LogP contribution in [0.25, 0.3) is 0 Å². The van der Waals surface area contributed by atoms with Crippen LogP contribution in [-0.2, 0) is 4.79 Å². The summed E-state index contributed by atoms with van der Waals surface area (Å²) in [6.07, 6.45) is 6.27. The van der Waals surface area contributed by atoms with Gasteiger partial charge in [-0.15, -0.1) is 0 Å². The standard InChI is InChI=1S/C16H17Cl2NO2/c1-11-5-3-4-6-13(11)21-12-7-9-16(2,10-8-12)19-15(20)14(17)18/h3-9,14H,10H2,1-2H3,(H,19,20). The largest absolute Gasteiger partial charge is 0.457 e. The Balaban J connectivity index is 2.01. The molecule has 1 aliphatic carbocycles. The highest BCUT2D eigenvalue weighted by atomic mass is 35.5. The van der Waals surface area contributed by atoms with E-state index in [1.165, 1.54) is 0 Å². The fourth-order valence-electron chi connectivity index (χ4n) is 2.02. The van der Waals surface area contributed by atoms with Gasteiger partial charge in [-0.1, -0.05) is 47.5 Å². The van der Waals surface area contributed by atoms with Crippen LogP contribution in [0.1, 0.15) is 18.9 Å². The van der Waals surface area contributed by atoms with Gasteiger partial charge in [0.05, 0.1) is 5.54 Å². The number of rotatable bonds is 4. The van der Waals surface area contributed by atoms with E-state index in [0.717, 1.165) is 17.1 Å². The van der Waals surface area contributed by atoms with Crippen molar-refractivity contribution in [2.45, 2.75) is 30.6 Å². The third kappa shape index (κ3) is 4.26. The summed E-state index contributed by atoms with van der Waals surface area (Å²) in [7, 11) is 0. The van der Waals surface area contributed by atoms with Crippen molar-refractivity contribution in [1.29, 1.82) is 0 Å². The Kier molecular flexibility index (Phi) is 4.96. The molecule has 1 aromatic carbocycles. The molecule has 2 rings (SSSR count). The Morgan fingerprint density at radius 1 is 1.38 bits per heavy atom. The van der Waals surface area contributed by atoms with E-state index >= 15 is 0 Å². The lowest BCUT2D eigenvalue weighted by Gasteiger charge is -2.29. The Morgan fingerprint density at radius 2 is 2.10 bits per heavy atom. The van der Waals surface area contributed by atoms with Gasteiger partial charge in [-0.3, -0.25) is 4.79 Å². The van der Waals surface area contributed by atoms with Crippen LogP contribution in [0.3, 0.4) is 0 Å². The Labute approximate surface area is 134 Å². The van der Waals surface area contributed by atoms with Crippen LogP contribution in [0.5, 0.6) is 5.75 Å². The lowest BCUT2D eigenvalue weighted by molar-refractivity contribution is -0.120. The van der Waals surface area contributed by atoms with Crippen LogP contribution in [0.15, 0.2) is 48.3 Å². The second-order valence-corrected chi connectivity index (χ2v) is 6.32. The average molecular weight is 326 g/mol. The molecule has 1 N–H and O–H groups in total. The first kappa shape index (κ1) is 15.9. The van der Waals surface area contributed by atoms with Gasteiger partial charge in [-0.25, -0.2) is 0 Å². The maximum atomic E-state index is 11.6. The molecule has 5 heteroatoms. The first-order valence-electron chi connectivity index (χ1n) is 6.63. The lowest BCUT2D eigenvalue weighted by Crippen LogP contribution is -2.47. The topological polar surface area (TPSA) is 38.3 Å². The smallest absolute Gasteiger partial charge is 0.253 e. The van der Waals surface area contributed by atoms with Gasteiger partial charge in [0.25, 0.3) is 5.91 Å². The van der Waals surface area contributed by atoms with Crippen LogP contribution in [0.4, 0.5) is 0 Å². The molecule has 0 saturated heterocycles. The van der Waals surface area contributed by atoms with Crippen LogP contribution >= 0.6 is 23.2 Å². The number of amides is 1. The van der Waals surface area contributed by atoms with Crippen molar-refractivity contribution in [3.63, 3.8) is 0 Å². The van der Waals surface area contributed by atoms with Gasteiger partial charge in [0, 0.05) is 0 Å². The summed E-state index contributed by atoms with van der Waals surface area (Å²) < 4.78 is 5.84. The molecule has 1 aliphatic rings. The van der Waals surface area contributed by atoms with E-state index in [1.807, 2.05) is 56.3 Å². The Bertz CT molecular complexity index is 596. The number of carbonyl (C=O) groups excluding carboxylic acids is 1. The van der Waals surface area contributed by atoms with Gasteiger partial charge >= 0.3 is 0 Å². The number of allylic oxidation sites excluding steroid dienone is 1. The van der Waals surface area contributed by atoms with E-state index in [0.29, 0.717) is 6.42 Å². The minimum atomic E-state index is -1.07. The molecule has 112 valence electrons. The SMILES string of the molecule is Cc1ccccc1OC1=CCC(C)(NC(=O)C(Cl)Cl)C=C1. The number of benzene rings is 1. The summed E-state index contributed by atoms with van der Waals surface area (Å²) in [5.74, 6) is 1.18. The number of aryl methyl sites for hydroxylation is 1. The van der Waals surface area contributed by atoms with E-state index in [9.17, 15) is 4.79 Å². The van der Waals surface area contributed by atoms with Crippen molar-refractivity contribution in [1.82, 2.24) is 5.32 Å². The predicted molar refractivity (Wildman–Crippen MR) is 85.7 cm³/mol. The summed E-state index contributed by atoms with van der Waals surface area (Å²) in [6.45, 7) is 3.90. The first-order valence-corrected chi connectivity index (χ1v) is 7.50. The number of carbonyl (C=O) groups is 1. The molecular formula is C16H17Cl2NO2. The van der Waals surface area contributed by atoms with Crippen molar-refractivity contribution < 1.29 is 9.53 Å². The number of ether oxygens (including phenoxy) is 1. The second kappa shape index (κ2) is 6.54. The summed E-state index contributed by atoms with van der Waals surface area (Å²) >= 11 is 11.1. The van der Waals surface area contributed by atoms with Crippen molar-refractivity contribution in [2.75, 3.05) is 0 Å². The van der Waals surface area contributed by atoms with Crippen molar-refractivity contribution in [3.8, 4) is 5.75 Å². The number of hydrogen-bond donors (Lipinski definition) is 1. The molecule has 0 radical (unpaired) electrons. The fraction of sp³-hybridized carbons (Fsp3) is 0.312. The third-order valence-corrected chi connectivity index (χ3v) is 3.67. The van der Waals surface area contributed by atoms with E-state index in [-0.39, 0.29) is 0 Å². The number of hydrogen-bond acceptors (Lipinski definition) is 2.